The molecule has 2 aliphatic carbocycles. The van der Waals surface area contributed by atoms with Crippen LogP contribution in [-0.2, 0) is 19.2 Å². The fraction of sp³-hybridized carbons (Fsp3) is 0.684. The van der Waals surface area contributed by atoms with E-state index in [9.17, 15) is 9.59 Å². The van der Waals surface area contributed by atoms with Crippen molar-refractivity contribution < 1.29 is 29.4 Å². The molecule has 0 saturated heterocycles. The predicted molar refractivity (Wildman–Crippen MR) is 195 cm³/mol. The van der Waals surface area contributed by atoms with E-state index < -0.39 is 11.9 Å². The minimum Gasteiger partial charge on any atom is -0.473 e. The van der Waals surface area contributed by atoms with Gasteiger partial charge in [0.1, 0.15) is 0 Å². The summed E-state index contributed by atoms with van der Waals surface area (Å²) in [5.74, 6) is -3.30. The molecule has 0 aliphatic heterocycles. The van der Waals surface area contributed by atoms with Gasteiger partial charge in [-0.2, -0.15) is 0 Å². The molecule has 0 aromatic carbocycles. The molecule has 8 N–H and O–H groups in total. The Morgan fingerprint density at radius 3 is 1.02 bits per heavy atom. The molecule has 0 heterocycles. The topological polar surface area (TPSA) is 185 Å². The van der Waals surface area contributed by atoms with E-state index in [0.717, 1.165) is 77.5 Å². The van der Waals surface area contributed by atoms with Crippen LogP contribution in [0.3, 0.4) is 0 Å². The number of nitrogens with two attached hydrogens (primary N) is 2. The van der Waals surface area contributed by atoms with E-state index in [1.807, 2.05) is 0 Å². The number of aliphatic carboxylic acids is 2. The quantitative estimate of drug-likeness (QED) is 0.0785. The molecule has 0 spiro atoms. The lowest BCUT2D eigenvalue weighted by atomic mass is 9.76. The monoisotopic (exact) mass is 674 g/mol. The standard InChI is InChI=1S/2C18H32N2O.C2H2O4/c2*1-13-14(2)16(4)18(5,15(13)3)10-12-20-17(21)9-7-6-8-11-19;3-1(4)2(5)6/h2*6-12,19H2,1-5H3,(H,20,21);(H,3,4)(H,5,6). The van der Waals surface area contributed by atoms with Gasteiger partial charge in [-0.15, -0.1) is 0 Å². The van der Waals surface area contributed by atoms with Gasteiger partial charge >= 0.3 is 11.9 Å². The van der Waals surface area contributed by atoms with E-state index in [1.54, 1.807) is 0 Å². The fourth-order valence-electron chi connectivity index (χ4n) is 6.39. The van der Waals surface area contributed by atoms with Gasteiger partial charge in [0.25, 0.3) is 0 Å². The number of amides is 2. The fourth-order valence-corrected chi connectivity index (χ4v) is 6.39. The van der Waals surface area contributed by atoms with Crippen molar-refractivity contribution in [2.45, 2.75) is 133 Å². The van der Waals surface area contributed by atoms with Crippen LogP contribution < -0.4 is 22.1 Å². The molecule has 0 unspecified atom stereocenters. The Bertz CT molecular complexity index is 1110. The molecule has 48 heavy (non-hydrogen) atoms. The van der Waals surface area contributed by atoms with Gasteiger partial charge in [-0.05, 0) is 129 Å². The third kappa shape index (κ3) is 13.3. The first-order valence-electron chi connectivity index (χ1n) is 17.5. The predicted octanol–water partition coefficient (Wildman–Crippen LogP) is 6.56. The Hall–Kier alpha value is -3.24. The molecular weight excluding hydrogens is 608 g/mol. The summed E-state index contributed by atoms with van der Waals surface area (Å²) < 4.78 is 0. The van der Waals surface area contributed by atoms with E-state index in [4.69, 9.17) is 31.3 Å². The van der Waals surface area contributed by atoms with E-state index in [2.05, 4.69) is 79.9 Å². The minimum atomic E-state index is -1.82. The highest BCUT2D eigenvalue weighted by Crippen LogP contribution is 2.49. The average molecular weight is 675 g/mol. The summed E-state index contributed by atoms with van der Waals surface area (Å²) >= 11 is 0. The number of carboxylic acids is 2. The summed E-state index contributed by atoms with van der Waals surface area (Å²) in [4.78, 5) is 41.8. The Kier molecular flexibility index (Phi) is 20.2. The van der Waals surface area contributed by atoms with Crippen LogP contribution >= 0.6 is 0 Å². The molecule has 0 fully saturated rings. The molecular formula is C38H66N4O6. The van der Waals surface area contributed by atoms with Gasteiger partial charge in [0.05, 0.1) is 0 Å². The van der Waals surface area contributed by atoms with E-state index in [0.29, 0.717) is 12.8 Å². The number of carbonyl (C=O) groups is 4. The van der Waals surface area contributed by atoms with Crippen LogP contribution in [0.2, 0.25) is 0 Å². The van der Waals surface area contributed by atoms with Crippen molar-refractivity contribution in [3.05, 3.63) is 44.6 Å². The normalized spacial score (nSPS) is 16.3. The van der Waals surface area contributed by atoms with E-state index >= 15 is 0 Å². The van der Waals surface area contributed by atoms with Crippen LogP contribution in [0.1, 0.15) is 133 Å². The van der Waals surface area contributed by atoms with Crippen LogP contribution in [0, 0.1) is 10.8 Å². The maximum Gasteiger partial charge on any atom is 0.414 e. The van der Waals surface area contributed by atoms with Gasteiger partial charge in [-0.3, -0.25) is 9.59 Å². The molecule has 0 aromatic heterocycles. The van der Waals surface area contributed by atoms with Gasteiger partial charge in [0.15, 0.2) is 0 Å². The van der Waals surface area contributed by atoms with Crippen LogP contribution in [-0.4, -0.2) is 60.1 Å². The summed E-state index contributed by atoms with van der Waals surface area (Å²) in [5.41, 5.74) is 22.6. The molecule has 0 saturated carbocycles. The van der Waals surface area contributed by atoms with E-state index in [-0.39, 0.29) is 22.6 Å². The van der Waals surface area contributed by atoms with Crippen molar-refractivity contribution in [2.75, 3.05) is 26.2 Å². The lowest BCUT2D eigenvalue weighted by molar-refractivity contribution is -0.159. The molecule has 0 aromatic rings. The van der Waals surface area contributed by atoms with Crippen LogP contribution in [0.15, 0.2) is 44.6 Å². The third-order valence-corrected chi connectivity index (χ3v) is 11.0. The number of unbranched alkanes of at least 4 members (excludes halogenated alkanes) is 4. The second-order valence-corrected chi connectivity index (χ2v) is 13.7. The summed E-state index contributed by atoms with van der Waals surface area (Å²) in [6, 6.07) is 0. The first-order chi connectivity index (χ1) is 22.3. The molecule has 2 aliphatic rings. The highest BCUT2D eigenvalue weighted by atomic mass is 16.4. The Balaban J connectivity index is 0.000000787. The number of hydrogen-bond acceptors (Lipinski definition) is 6. The highest BCUT2D eigenvalue weighted by molar-refractivity contribution is 6.27. The highest BCUT2D eigenvalue weighted by Gasteiger charge is 2.36. The number of hydrogen-bond donors (Lipinski definition) is 6. The third-order valence-electron chi connectivity index (χ3n) is 11.0. The molecule has 0 bridgehead atoms. The van der Waals surface area contributed by atoms with Crippen molar-refractivity contribution in [3.63, 3.8) is 0 Å². The van der Waals surface area contributed by atoms with Crippen LogP contribution in [0.5, 0.6) is 0 Å². The lowest BCUT2D eigenvalue weighted by Gasteiger charge is -2.29. The van der Waals surface area contributed by atoms with Crippen LogP contribution in [0.25, 0.3) is 0 Å². The zero-order valence-corrected chi connectivity index (χ0v) is 31.6. The van der Waals surface area contributed by atoms with Crippen molar-refractivity contribution in [1.29, 1.82) is 0 Å². The average Bonchev–Trinajstić information content (AvgIpc) is 3.28. The SMILES string of the molecule is CC1=C(C)C(C)(CCNC(=O)CCCCCN)C(C)=C1C.CC1=C(C)C(C)(CCNC(=O)CCCCCN)C(C)=C1C.O=C(O)C(=O)O. The number of nitrogens with one attached hydrogen (secondary N) is 2. The zero-order chi connectivity index (χ0) is 37.2. The van der Waals surface area contributed by atoms with Crippen molar-refractivity contribution in [1.82, 2.24) is 10.6 Å². The summed E-state index contributed by atoms with van der Waals surface area (Å²) in [6.45, 7) is 25.3. The smallest absolute Gasteiger partial charge is 0.414 e. The zero-order valence-electron chi connectivity index (χ0n) is 31.6. The molecule has 2 amide bonds. The largest absolute Gasteiger partial charge is 0.473 e. The lowest BCUT2D eigenvalue weighted by Crippen LogP contribution is -2.29. The van der Waals surface area contributed by atoms with Crippen molar-refractivity contribution in [2.24, 2.45) is 22.3 Å². The Morgan fingerprint density at radius 1 is 0.521 bits per heavy atom. The molecule has 274 valence electrons. The summed E-state index contributed by atoms with van der Waals surface area (Å²) in [6.07, 6.45) is 9.20. The second kappa shape index (κ2) is 21.7. The number of carboxylic acid groups (broad SMARTS) is 2. The summed E-state index contributed by atoms with van der Waals surface area (Å²) in [7, 11) is 0. The minimum absolute atomic E-state index is 0.112. The number of carbonyl (C=O) groups excluding carboxylic acids is 2. The van der Waals surface area contributed by atoms with Gasteiger partial charge in [0.2, 0.25) is 11.8 Å². The van der Waals surface area contributed by atoms with E-state index in [1.165, 1.54) is 44.6 Å². The first-order valence-corrected chi connectivity index (χ1v) is 17.5. The summed E-state index contributed by atoms with van der Waals surface area (Å²) in [5, 5.41) is 20.9. The molecule has 10 heteroatoms. The van der Waals surface area contributed by atoms with Crippen molar-refractivity contribution in [3.8, 4) is 0 Å². The number of rotatable bonds is 16. The first kappa shape index (κ1) is 44.8. The molecule has 2 rings (SSSR count). The van der Waals surface area contributed by atoms with Crippen LogP contribution in [0.4, 0.5) is 0 Å². The molecule has 0 atom stereocenters. The molecule has 0 radical (unpaired) electrons. The number of allylic oxidation sites excluding steroid dienone is 8. The van der Waals surface area contributed by atoms with Crippen molar-refractivity contribution >= 4 is 23.8 Å². The van der Waals surface area contributed by atoms with Gasteiger partial charge in [-0.25, -0.2) is 9.59 Å². The maximum atomic E-state index is 11.8. The maximum absolute atomic E-state index is 11.8. The second-order valence-electron chi connectivity index (χ2n) is 13.7. The molecule has 10 nitrogen and oxygen atoms in total. The van der Waals surface area contributed by atoms with Gasteiger partial charge in [-0.1, -0.05) is 49.0 Å². The Labute approximate surface area is 289 Å². The van der Waals surface area contributed by atoms with Gasteiger partial charge < -0.3 is 32.3 Å². The van der Waals surface area contributed by atoms with Gasteiger partial charge in [0, 0.05) is 36.8 Å². The Morgan fingerprint density at radius 2 is 0.792 bits per heavy atom.